The normalized spacial score (nSPS) is 20.9. The quantitative estimate of drug-likeness (QED) is 0.195. The molecule has 1 saturated carbocycles. The smallest absolute Gasteiger partial charge is 0.264 e. The third-order valence-corrected chi connectivity index (χ3v) is 12.7. The summed E-state index contributed by atoms with van der Waals surface area (Å²) >= 11 is 0. The molecule has 300 valence electrons. The molecule has 1 aromatic carbocycles. The van der Waals surface area contributed by atoms with Crippen LogP contribution in [-0.2, 0) is 9.59 Å². The summed E-state index contributed by atoms with van der Waals surface area (Å²) in [4.78, 5) is 99.4. The van der Waals surface area contributed by atoms with Crippen LogP contribution >= 0.6 is 0 Å². The van der Waals surface area contributed by atoms with E-state index in [1.807, 2.05) is 24.4 Å². The zero-order valence-electron chi connectivity index (χ0n) is 32.7. The van der Waals surface area contributed by atoms with Crippen LogP contribution in [0.4, 0.5) is 23.1 Å². The fraction of sp³-hybridized carbons (Fsp3) is 0.452. The van der Waals surface area contributed by atoms with Gasteiger partial charge in [-0.1, -0.05) is 18.9 Å². The number of piperazine rings is 1. The molecular weight excluding hydrogens is 741 g/mol. The molecule has 9 rings (SSSR count). The van der Waals surface area contributed by atoms with Gasteiger partial charge in [0.2, 0.25) is 17.8 Å². The number of nitrogens with zero attached hydrogens (tertiary/aromatic N) is 8. The Hall–Kier alpha value is -6.03. The first-order valence-electron chi connectivity index (χ1n) is 20.3. The van der Waals surface area contributed by atoms with Gasteiger partial charge in [0.15, 0.2) is 5.78 Å². The standard InChI is InChI=1S/C42H46N10O6/c1-24-30-23-44-42(47-37(30)51(27-6-3-4-7-27)40(57)35(24)25(2)53)45-33-12-10-28(22-43-33)49-20-18-48(19-21-49)26-14-16-50(17-15-26)31-9-5-8-29-36(31)41(58)52(39(29)56)32-11-13-34(54)46-38(32)55/h5,8-10,12,22-23,26-27,32H,3-4,6-7,11,13-21H2,1-2H3,(H,46,54,55)(H,43,44,45,47). The van der Waals surface area contributed by atoms with Gasteiger partial charge >= 0.3 is 0 Å². The van der Waals surface area contributed by atoms with Gasteiger partial charge < -0.3 is 15.1 Å². The van der Waals surface area contributed by atoms with Crippen LogP contribution in [0.3, 0.4) is 0 Å². The van der Waals surface area contributed by atoms with E-state index in [4.69, 9.17) is 4.98 Å². The Morgan fingerprint density at radius 3 is 2.26 bits per heavy atom. The van der Waals surface area contributed by atoms with Crippen LogP contribution in [0.5, 0.6) is 0 Å². The zero-order chi connectivity index (χ0) is 40.2. The molecule has 3 saturated heterocycles. The molecule has 1 unspecified atom stereocenters. The molecule has 58 heavy (non-hydrogen) atoms. The van der Waals surface area contributed by atoms with Crippen LogP contribution in [0, 0.1) is 6.92 Å². The summed E-state index contributed by atoms with van der Waals surface area (Å²) in [6, 6.07) is 8.65. The number of hydrogen-bond donors (Lipinski definition) is 2. The highest BCUT2D eigenvalue weighted by molar-refractivity contribution is 6.25. The molecule has 2 N–H and O–H groups in total. The molecule has 3 aromatic heterocycles. The summed E-state index contributed by atoms with van der Waals surface area (Å²) in [5, 5.41) is 6.17. The second-order valence-electron chi connectivity index (χ2n) is 16.0. The number of benzene rings is 1. The monoisotopic (exact) mass is 786 g/mol. The number of carbonyl (C=O) groups excluding carboxylic acids is 5. The fourth-order valence-electron chi connectivity index (χ4n) is 9.65. The highest BCUT2D eigenvalue weighted by Gasteiger charge is 2.46. The number of Topliss-reactive ketones (excluding diaryl/α,β-unsaturated/α-hetero) is 1. The van der Waals surface area contributed by atoms with E-state index in [1.54, 1.807) is 29.8 Å². The van der Waals surface area contributed by atoms with Gasteiger partial charge in [-0.2, -0.15) is 4.98 Å². The Bertz CT molecular complexity index is 2410. The van der Waals surface area contributed by atoms with Crippen LogP contribution < -0.4 is 26.0 Å². The van der Waals surface area contributed by atoms with Crippen molar-refractivity contribution >= 4 is 63.6 Å². The van der Waals surface area contributed by atoms with Crippen LogP contribution in [0.2, 0.25) is 0 Å². The minimum atomic E-state index is -0.990. The number of fused-ring (bicyclic) bond motifs is 2. The predicted molar refractivity (Wildman–Crippen MR) is 216 cm³/mol. The van der Waals surface area contributed by atoms with Crippen molar-refractivity contribution in [1.82, 2.24) is 34.6 Å². The zero-order valence-corrected chi connectivity index (χ0v) is 32.7. The second kappa shape index (κ2) is 15.0. The van der Waals surface area contributed by atoms with Crippen LogP contribution in [0.25, 0.3) is 11.0 Å². The van der Waals surface area contributed by atoms with Crippen molar-refractivity contribution in [2.75, 3.05) is 54.4 Å². The van der Waals surface area contributed by atoms with Gasteiger partial charge in [-0.05, 0) is 75.8 Å². The molecule has 0 spiro atoms. The molecule has 4 aromatic rings. The maximum Gasteiger partial charge on any atom is 0.264 e. The molecule has 16 heteroatoms. The summed E-state index contributed by atoms with van der Waals surface area (Å²) in [5.74, 6) is -1.31. The maximum atomic E-state index is 13.7. The minimum absolute atomic E-state index is 0.00100. The van der Waals surface area contributed by atoms with Gasteiger partial charge in [0.1, 0.15) is 17.5 Å². The van der Waals surface area contributed by atoms with Crippen molar-refractivity contribution in [3.63, 3.8) is 0 Å². The number of hydrogen-bond acceptors (Lipinski definition) is 13. The van der Waals surface area contributed by atoms with Crippen molar-refractivity contribution in [1.29, 1.82) is 0 Å². The molecule has 5 aliphatic rings. The molecule has 0 radical (unpaired) electrons. The number of carbonyl (C=O) groups is 5. The molecule has 0 bridgehead atoms. The van der Waals surface area contributed by atoms with Crippen molar-refractivity contribution in [2.45, 2.75) is 83.3 Å². The van der Waals surface area contributed by atoms with Gasteiger partial charge in [-0.15, -0.1) is 0 Å². The average molecular weight is 787 g/mol. The number of imide groups is 2. The van der Waals surface area contributed by atoms with E-state index in [2.05, 4.69) is 35.3 Å². The van der Waals surface area contributed by atoms with Crippen molar-refractivity contribution < 1.29 is 24.0 Å². The van der Waals surface area contributed by atoms with Crippen LogP contribution in [0.1, 0.15) is 101 Å². The molecule has 16 nitrogen and oxygen atoms in total. The second-order valence-corrected chi connectivity index (χ2v) is 16.0. The largest absolute Gasteiger partial charge is 0.371 e. The van der Waals surface area contributed by atoms with E-state index in [1.165, 1.54) is 6.92 Å². The highest BCUT2D eigenvalue weighted by atomic mass is 16.2. The van der Waals surface area contributed by atoms with Crippen LogP contribution in [-0.4, -0.2) is 110 Å². The van der Waals surface area contributed by atoms with Crippen molar-refractivity contribution in [2.24, 2.45) is 0 Å². The number of nitrogens with one attached hydrogen (secondary N) is 2. The van der Waals surface area contributed by atoms with Gasteiger partial charge in [-0.3, -0.25) is 48.5 Å². The molecule has 4 aliphatic heterocycles. The van der Waals surface area contributed by atoms with E-state index >= 15 is 0 Å². The molecular formula is C42H46N10O6. The number of piperidine rings is 2. The Balaban J connectivity index is 0.814. The third kappa shape index (κ3) is 6.58. The molecule has 4 amide bonds. The molecule has 1 aliphatic carbocycles. The number of ketones is 1. The average Bonchev–Trinajstić information content (AvgIpc) is 3.84. The molecule has 4 fully saturated rings. The number of pyridine rings is 2. The summed E-state index contributed by atoms with van der Waals surface area (Å²) in [7, 11) is 0. The fourth-order valence-corrected chi connectivity index (χ4v) is 9.65. The first-order valence-corrected chi connectivity index (χ1v) is 20.3. The lowest BCUT2D eigenvalue weighted by atomic mass is 9.99. The summed E-state index contributed by atoms with van der Waals surface area (Å²) in [6.45, 7) is 8.18. The Labute approximate surface area is 334 Å². The number of anilines is 4. The SMILES string of the molecule is CC(=O)c1c(C)c2cnc(Nc3ccc(N4CCN(C5CCN(c6cccc7c6C(=O)N(C6CCC(=O)NC6=O)C7=O)CC5)CC4)cn3)nc2n(C2CCCC2)c1=O. The number of aryl methyl sites for hydroxylation is 1. The summed E-state index contributed by atoms with van der Waals surface area (Å²) in [5.41, 5.74) is 3.44. The number of aromatic nitrogens is 4. The van der Waals surface area contributed by atoms with E-state index < -0.39 is 29.7 Å². The van der Waals surface area contributed by atoms with Crippen LogP contribution in [0.15, 0.2) is 47.5 Å². The van der Waals surface area contributed by atoms with E-state index in [-0.39, 0.29) is 35.8 Å². The Kier molecular flexibility index (Phi) is 9.74. The third-order valence-electron chi connectivity index (χ3n) is 12.7. The lowest BCUT2D eigenvalue weighted by Crippen LogP contribution is -2.54. The van der Waals surface area contributed by atoms with Crippen molar-refractivity contribution in [3.05, 3.63) is 75.3 Å². The molecule has 7 heterocycles. The maximum absolute atomic E-state index is 13.7. The van der Waals surface area contributed by atoms with Gasteiger partial charge in [0.25, 0.3) is 17.4 Å². The van der Waals surface area contributed by atoms with Gasteiger partial charge in [0, 0.05) is 69.4 Å². The van der Waals surface area contributed by atoms with Crippen molar-refractivity contribution in [3.8, 4) is 0 Å². The lowest BCUT2D eigenvalue weighted by molar-refractivity contribution is -0.136. The van der Waals surface area contributed by atoms with E-state index in [0.717, 1.165) is 88.4 Å². The first-order chi connectivity index (χ1) is 28.1. The minimum Gasteiger partial charge on any atom is -0.371 e. The van der Waals surface area contributed by atoms with Gasteiger partial charge in [0.05, 0.1) is 34.3 Å². The number of rotatable bonds is 8. The Morgan fingerprint density at radius 1 is 0.810 bits per heavy atom. The molecule has 1 atom stereocenters. The van der Waals surface area contributed by atoms with Gasteiger partial charge in [-0.25, -0.2) is 9.97 Å². The summed E-state index contributed by atoms with van der Waals surface area (Å²) in [6.07, 6.45) is 9.38. The predicted octanol–water partition coefficient (Wildman–Crippen LogP) is 3.75. The highest BCUT2D eigenvalue weighted by Crippen LogP contribution is 2.36. The van der Waals surface area contributed by atoms with E-state index in [0.29, 0.717) is 51.2 Å². The van der Waals surface area contributed by atoms with E-state index in [9.17, 15) is 28.8 Å². The summed E-state index contributed by atoms with van der Waals surface area (Å²) < 4.78 is 1.71. The Morgan fingerprint density at radius 2 is 1.57 bits per heavy atom. The topological polar surface area (TPSA) is 183 Å². The lowest BCUT2D eigenvalue weighted by Gasteiger charge is -2.44. The first kappa shape index (κ1) is 37.5. The number of amides is 4.